The Bertz CT molecular complexity index is 847. The molecule has 0 saturated carbocycles. The molecular weight excluding hydrogens is 503 g/mol. The number of unbranched alkanes of at least 4 members (excludes halogenated alkanes) is 3. The third kappa shape index (κ3) is 7.21. The van der Waals surface area contributed by atoms with E-state index in [2.05, 4.69) is 35.6 Å². The van der Waals surface area contributed by atoms with E-state index in [1.165, 1.54) is 43.3 Å². The molecule has 0 unspecified atom stereocenters. The number of ether oxygens (including phenoxy) is 1. The molecule has 1 saturated heterocycles. The summed E-state index contributed by atoms with van der Waals surface area (Å²) < 4.78 is 14.2. The fourth-order valence-electron chi connectivity index (χ4n) is 4.15. The maximum absolute atomic E-state index is 12.5. The summed E-state index contributed by atoms with van der Waals surface area (Å²) in [4.78, 5) is 27.2. The average molecular weight is 541 g/mol. The van der Waals surface area contributed by atoms with Crippen LogP contribution in [0.2, 0.25) is 13.3 Å². The van der Waals surface area contributed by atoms with Crippen LogP contribution in [0.15, 0.2) is 15.8 Å². The van der Waals surface area contributed by atoms with Crippen molar-refractivity contribution in [3.63, 3.8) is 0 Å². The molecule has 0 bridgehead atoms. The third-order valence-electron chi connectivity index (χ3n) is 6.15. The zero-order valence-electron chi connectivity index (χ0n) is 19.2. The van der Waals surface area contributed by atoms with Gasteiger partial charge in [-0.05, 0) is 0 Å². The Morgan fingerprint density at radius 3 is 2.19 bits per heavy atom. The molecule has 8 heteroatoms. The van der Waals surface area contributed by atoms with Gasteiger partial charge in [0.1, 0.15) is 0 Å². The number of hydrogen-bond donors (Lipinski definition) is 3. The van der Waals surface area contributed by atoms with Gasteiger partial charge >= 0.3 is 189 Å². The van der Waals surface area contributed by atoms with Crippen LogP contribution >= 0.6 is 0 Å². The zero-order valence-corrected chi connectivity index (χ0v) is 22.0. The summed E-state index contributed by atoms with van der Waals surface area (Å²) in [6.07, 6.45) is 6.32. The van der Waals surface area contributed by atoms with Gasteiger partial charge < -0.3 is 0 Å². The first kappa shape index (κ1) is 26.2. The molecular formula is C23H38N2O5Sn. The van der Waals surface area contributed by atoms with Crippen LogP contribution in [0.1, 0.15) is 77.5 Å². The van der Waals surface area contributed by atoms with Gasteiger partial charge in [-0.1, -0.05) is 0 Å². The minimum atomic E-state index is -2.75. The Balaban J connectivity index is 2.40. The number of hydrogen-bond acceptors (Lipinski definition) is 5. The molecule has 0 spiro atoms. The Hall–Kier alpha value is -1.08. The van der Waals surface area contributed by atoms with Crippen molar-refractivity contribution in [2.75, 3.05) is 6.61 Å². The fourth-order valence-corrected chi connectivity index (χ4v) is 17.3. The van der Waals surface area contributed by atoms with E-state index >= 15 is 0 Å². The molecule has 0 aromatic carbocycles. The van der Waals surface area contributed by atoms with Gasteiger partial charge in [0.15, 0.2) is 0 Å². The predicted octanol–water partition coefficient (Wildman–Crippen LogP) is 2.92. The number of aromatic amines is 1. The Morgan fingerprint density at radius 2 is 1.71 bits per heavy atom. The fraction of sp³-hybridized carbons (Fsp3) is 0.739. The van der Waals surface area contributed by atoms with Crippen molar-refractivity contribution < 1.29 is 14.9 Å². The maximum atomic E-state index is 12.5. The SMILES string of the molecule is CCC[CH2][Sn]([C]#Cc1cn([C@H]2C[C@H](O)[C@@H](CO)O2)c(=O)[nH]c1=O)([CH2]CCC)[CH2]CCC. The van der Waals surface area contributed by atoms with E-state index in [1.54, 1.807) is 0 Å². The van der Waals surface area contributed by atoms with E-state index in [-0.39, 0.29) is 18.6 Å². The Kier molecular flexibility index (Phi) is 10.8. The molecule has 174 valence electrons. The normalized spacial score (nSPS) is 21.1. The van der Waals surface area contributed by atoms with Crippen LogP contribution in [-0.4, -0.2) is 57.0 Å². The van der Waals surface area contributed by atoms with Crippen molar-refractivity contribution in [2.24, 2.45) is 0 Å². The van der Waals surface area contributed by atoms with E-state index in [9.17, 15) is 19.8 Å². The van der Waals surface area contributed by atoms with E-state index in [1.807, 2.05) is 0 Å². The molecule has 31 heavy (non-hydrogen) atoms. The summed E-state index contributed by atoms with van der Waals surface area (Å²) in [6, 6.07) is 0. The number of rotatable bonds is 11. The van der Waals surface area contributed by atoms with Crippen LogP contribution < -0.4 is 11.2 Å². The van der Waals surface area contributed by atoms with Crippen molar-refractivity contribution in [3.05, 3.63) is 32.6 Å². The Morgan fingerprint density at radius 1 is 1.13 bits per heavy atom. The summed E-state index contributed by atoms with van der Waals surface area (Å²) in [7, 11) is 0. The van der Waals surface area contributed by atoms with Crippen LogP contribution in [0.3, 0.4) is 0 Å². The van der Waals surface area contributed by atoms with Gasteiger partial charge in [-0.2, -0.15) is 0 Å². The number of aromatic nitrogens is 2. The second kappa shape index (κ2) is 12.8. The quantitative estimate of drug-likeness (QED) is 0.296. The van der Waals surface area contributed by atoms with Crippen molar-refractivity contribution in [1.29, 1.82) is 0 Å². The second-order valence-corrected chi connectivity index (χ2v) is 21.0. The van der Waals surface area contributed by atoms with Crippen LogP contribution in [0.25, 0.3) is 0 Å². The van der Waals surface area contributed by atoms with Gasteiger partial charge in [0.05, 0.1) is 0 Å². The molecule has 0 radical (unpaired) electrons. The van der Waals surface area contributed by atoms with Crippen LogP contribution in [0.4, 0.5) is 0 Å². The number of nitrogens with zero attached hydrogens (tertiary/aromatic N) is 1. The number of nitrogens with one attached hydrogen (secondary N) is 1. The molecule has 1 fully saturated rings. The molecule has 0 amide bonds. The second-order valence-electron chi connectivity index (χ2n) is 8.67. The molecule has 3 atom stereocenters. The molecule has 1 aliphatic heterocycles. The molecule has 2 rings (SSSR count). The van der Waals surface area contributed by atoms with Crippen molar-refractivity contribution in [2.45, 2.75) is 97.5 Å². The van der Waals surface area contributed by atoms with Gasteiger partial charge in [0.25, 0.3) is 0 Å². The average Bonchev–Trinajstić information content (AvgIpc) is 3.14. The molecule has 1 aliphatic rings. The van der Waals surface area contributed by atoms with Crippen LogP contribution in [-0.2, 0) is 4.74 Å². The number of aliphatic hydroxyl groups is 2. The summed E-state index contributed by atoms with van der Waals surface area (Å²) in [5, 5.41) is 19.3. The topological polar surface area (TPSA) is 105 Å². The van der Waals surface area contributed by atoms with Gasteiger partial charge in [0, 0.05) is 0 Å². The van der Waals surface area contributed by atoms with E-state index in [4.69, 9.17) is 4.74 Å². The summed E-state index contributed by atoms with van der Waals surface area (Å²) in [6.45, 7) is 6.30. The first-order valence-corrected chi connectivity index (χ1v) is 19.2. The third-order valence-corrected chi connectivity index (χ3v) is 19.2. The number of aliphatic hydroxyl groups excluding tert-OH is 2. The van der Waals surface area contributed by atoms with Gasteiger partial charge in [0.2, 0.25) is 0 Å². The van der Waals surface area contributed by atoms with Crippen LogP contribution in [0, 0.1) is 9.86 Å². The van der Waals surface area contributed by atoms with Crippen molar-refractivity contribution in [3.8, 4) is 9.86 Å². The summed E-state index contributed by atoms with van der Waals surface area (Å²) >= 11 is -2.75. The first-order valence-electron chi connectivity index (χ1n) is 11.7. The Labute approximate surface area is 189 Å². The first-order chi connectivity index (χ1) is 14.9. The summed E-state index contributed by atoms with van der Waals surface area (Å²) in [5.41, 5.74) is -0.799. The zero-order chi connectivity index (χ0) is 22.9. The molecule has 1 aromatic rings. The standard InChI is InChI=1S/C11H11N2O5.3C4H9.Sn/c1-2-6-4-13(11(17)12-10(6)16)9-3-7(15)8(5-14)18-9;3*1-3-4-2;/h4,7-9,14-15H,3,5H2,(H,12,16,17);3*1,3-4H2,2H3;/t7-,8+,9+;;;;/m0..../s1. The molecule has 3 N–H and O–H groups in total. The predicted molar refractivity (Wildman–Crippen MR) is 125 cm³/mol. The number of H-pyrrole nitrogens is 1. The van der Waals surface area contributed by atoms with Crippen LogP contribution in [0.5, 0.6) is 0 Å². The van der Waals surface area contributed by atoms with Crippen molar-refractivity contribution >= 4 is 18.4 Å². The van der Waals surface area contributed by atoms with Gasteiger partial charge in [-0.3, -0.25) is 0 Å². The minimum absolute atomic E-state index is 0.177. The van der Waals surface area contributed by atoms with Crippen molar-refractivity contribution in [1.82, 2.24) is 9.55 Å². The van der Waals surface area contributed by atoms with E-state index in [0.717, 1.165) is 19.3 Å². The van der Waals surface area contributed by atoms with E-state index < -0.39 is 48.1 Å². The molecule has 0 aliphatic carbocycles. The monoisotopic (exact) mass is 542 g/mol. The van der Waals surface area contributed by atoms with Gasteiger partial charge in [-0.15, -0.1) is 0 Å². The molecule has 7 nitrogen and oxygen atoms in total. The summed E-state index contributed by atoms with van der Waals surface area (Å²) in [5.74, 6) is 3.18. The molecule has 2 heterocycles. The van der Waals surface area contributed by atoms with Gasteiger partial charge in [-0.25, -0.2) is 0 Å². The van der Waals surface area contributed by atoms with E-state index in [0.29, 0.717) is 0 Å². The molecule has 1 aromatic heterocycles.